The highest BCUT2D eigenvalue weighted by Gasteiger charge is 2.35. The van der Waals surface area contributed by atoms with E-state index in [-0.39, 0.29) is 17.0 Å². The van der Waals surface area contributed by atoms with Crippen molar-refractivity contribution >= 4 is 11.5 Å². The van der Waals surface area contributed by atoms with Gasteiger partial charge in [0, 0.05) is 11.6 Å². The number of allylic oxidation sites excluding steroid dienone is 1. The van der Waals surface area contributed by atoms with Gasteiger partial charge in [-0.3, -0.25) is 4.79 Å². The van der Waals surface area contributed by atoms with E-state index in [2.05, 4.69) is 27.2 Å². The minimum Gasteiger partial charge on any atom is -0.481 e. The zero-order chi connectivity index (χ0) is 17.0. The minimum absolute atomic E-state index is 0.0311. The number of aliphatic carboxylic acids is 1. The number of hydrogen-bond donors (Lipinski definition) is 2. The molecule has 1 heterocycles. The van der Waals surface area contributed by atoms with Crippen molar-refractivity contribution in [2.45, 2.75) is 25.7 Å². The third kappa shape index (κ3) is 3.58. The number of halogens is 2. The van der Waals surface area contributed by atoms with Gasteiger partial charge in [0.05, 0.1) is 11.8 Å². The number of carboxylic acids is 1. The summed E-state index contributed by atoms with van der Waals surface area (Å²) in [5.74, 6) is -4.26. The molecule has 0 fully saturated rings. The van der Waals surface area contributed by atoms with Crippen molar-refractivity contribution in [2.24, 2.45) is 5.92 Å². The van der Waals surface area contributed by atoms with Gasteiger partial charge in [0.1, 0.15) is 11.6 Å². The number of aromatic amines is 1. The Hall–Kier alpha value is -2.64. The van der Waals surface area contributed by atoms with Crippen molar-refractivity contribution in [1.29, 1.82) is 0 Å². The zero-order valence-electron chi connectivity index (χ0n) is 12.5. The molecule has 0 saturated carbocycles. The molecule has 1 aromatic heterocycles. The average molecular weight is 322 g/mol. The Labute approximate surface area is 131 Å². The van der Waals surface area contributed by atoms with Crippen molar-refractivity contribution < 1.29 is 18.7 Å². The lowest BCUT2D eigenvalue weighted by molar-refractivity contribution is -0.142. The topological polar surface area (TPSA) is 91.8 Å². The third-order valence-electron chi connectivity index (χ3n) is 3.61. The Bertz CT molecular complexity index is 704. The van der Waals surface area contributed by atoms with Gasteiger partial charge in [-0.1, -0.05) is 25.1 Å². The molecule has 8 heteroatoms. The van der Waals surface area contributed by atoms with Crippen molar-refractivity contribution in [3.63, 3.8) is 0 Å². The van der Waals surface area contributed by atoms with Crippen LogP contribution in [0.2, 0.25) is 0 Å². The van der Waals surface area contributed by atoms with Crippen LogP contribution in [-0.4, -0.2) is 31.7 Å². The normalized spacial score (nSPS) is 13.5. The molecule has 0 amide bonds. The molecule has 6 nitrogen and oxygen atoms in total. The molecular formula is C15H16F2N4O2. The molecule has 23 heavy (non-hydrogen) atoms. The second-order valence-electron chi connectivity index (χ2n) is 5.13. The van der Waals surface area contributed by atoms with Gasteiger partial charge in [0.15, 0.2) is 5.82 Å². The molecule has 0 bridgehead atoms. The van der Waals surface area contributed by atoms with Crippen LogP contribution in [-0.2, 0) is 4.79 Å². The summed E-state index contributed by atoms with van der Waals surface area (Å²) in [7, 11) is 0. The molecule has 0 aliphatic carbocycles. The number of tetrazole rings is 1. The molecule has 2 N–H and O–H groups in total. The molecule has 2 atom stereocenters. The summed E-state index contributed by atoms with van der Waals surface area (Å²) in [5.41, 5.74) is 0.202. The first-order valence-electron chi connectivity index (χ1n) is 7.06. The number of nitrogens with one attached hydrogen (secondary N) is 1. The lowest BCUT2D eigenvalue weighted by Gasteiger charge is -2.23. The number of aromatic nitrogens is 4. The Kier molecular flexibility index (Phi) is 5.15. The molecule has 0 spiro atoms. The number of H-pyrrole nitrogens is 1. The largest absolute Gasteiger partial charge is 0.481 e. The summed E-state index contributed by atoms with van der Waals surface area (Å²) in [6.45, 7) is 5.65. The molecule has 0 aliphatic heterocycles. The fraction of sp³-hybridized carbons (Fsp3) is 0.333. The highest BCUT2D eigenvalue weighted by molar-refractivity contribution is 5.79. The van der Waals surface area contributed by atoms with Crippen molar-refractivity contribution in [3.8, 4) is 0 Å². The van der Waals surface area contributed by atoms with Gasteiger partial charge in [-0.05, 0) is 24.1 Å². The first kappa shape index (κ1) is 16.7. The quantitative estimate of drug-likeness (QED) is 0.818. The van der Waals surface area contributed by atoms with Crippen LogP contribution in [0.1, 0.15) is 37.1 Å². The summed E-state index contributed by atoms with van der Waals surface area (Å²) in [5, 5.41) is 22.8. The number of rotatable bonds is 7. The predicted octanol–water partition coefficient (Wildman–Crippen LogP) is 2.78. The highest BCUT2D eigenvalue weighted by Crippen LogP contribution is 2.38. The Morgan fingerprint density at radius 2 is 2.17 bits per heavy atom. The van der Waals surface area contributed by atoms with Crippen LogP contribution in [0.5, 0.6) is 0 Å². The molecule has 0 aliphatic rings. The minimum atomic E-state index is -1.06. The standard InChI is InChI=1S/C15H16F2N4O2/c1-3-4-11(15(22)23)13(14-18-20-21-19-14)8(2)10-6-5-9(16)7-12(10)17/h5-7,11,13H,2-4H2,1H3,(H,22,23)(H,18,19,20,21). The lowest BCUT2D eigenvalue weighted by Crippen LogP contribution is -2.24. The first-order chi connectivity index (χ1) is 11.0. The van der Waals surface area contributed by atoms with Gasteiger partial charge < -0.3 is 5.11 Å². The van der Waals surface area contributed by atoms with Crippen LogP contribution in [0, 0.1) is 17.6 Å². The molecule has 2 aromatic rings. The molecule has 122 valence electrons. The maximum atomic E-state index is 14.0. The van der Waals surface area contributed by atoms with E-state index in [1.165, 1.54) is 6.07 Å². The first-order valence-corrected chi connectivity index (χ1v) is 7.06. The van der Waals surface area contributed by atoms with E-state index in [0.717, 1.165) is 12.1 Å². The zero-order valence-corrected chi connectivity index (χ0v) is 12.5. The van der Waals surface area contributed by atoms with Gasteiger partial charge >= 0.3 is 5.97 Å². The third-order valence-corrected chi connectivity index (χ3v) is 3.61. The molecule has 1 aromatic carbocycles. The molecule has 2 rings (SSSR count). The van der Waals surface area contributed by atoms with Gasteiger partial charge in [-0.15, -0.1) is 10.2 Å². The summed E-state index contributed by atoms with van der Waals surface area (Å²) in [4.78, 5) is 11.6. The monoisotopic (exact) mass is 322 g/mol. The van der Waals surface area contributed by atoms with E-state index in [1.54, 1.807) is 0 Å². The second kappa shape index (κ2) is 7.08. The van der Waals surface area contributed by atoms with Crippen molar-refractivity contribution in [3.05, 3.63) is 47.8 Å². The Morgan fingerprint density at radius 3 is 2.70 bits per heavy atom. The average Bonchev–Trinajstić information content (AvgIpc) is 3.00. The van der Waals surface area contributed by atoms with E-state index in [9.17, 15) is 18.7 Å². The van der Waals surface area contributed by atoms with Crippen LogP contribution in [0.15, 0.2) is 24.8 Å². The Morgan fingerprint density at radius 1 is 1.43 bits per heavy atom. The predicted molar refractivity (Wildman–Crippen MR) is 78.3 cm³/mol. The molecule has 0 saturated heterocycles. The van der Waals surface area contributed by atoms with E-state index in [1.807, 2.05) is 6.92 Å². The van der Waals surface area contributed by atoms with E-state index >= 15 is 0 Å². The van der Waals surface area contributed by atoms with E-state index < -0.39 is 29.4 Å². The smallest absolute Gasteiger partial charge is 0.307 e. The van der Waals surface area contributed by atoms with Crippen molar-refractivity contribution in [1.82, 2.24) is 20.6 Å². The van der Waals surface area contributed by atoms with E-state index in [0.29, 0.717) is 12.8 Å². The number of nitrogens with zero attached hydrogens (tertiary/aromatic N) is 3. The van der Waals surface area contributed by atoms with Gasteiger partial charge in [0.2, 0.25) is 0 Å². The fourth-order valence-corrected chi connectivity index (χ4v) is 2.54. The van der Waals surface area contributed by atoms with Gasteiger partial charge in [0.25, 0.3) is 0 Å². The van der Waals surface area contributed by atoms with Gasteiger partial charge in [-0.25, -0.2) is 8.78 Å². The number of carboxylic acid groups (broad SMARTS) is 1. The summed E-state index contributed by atoms with van der Waals surface area (Å²) < 4.78 is 27.1. The number of carbonyl (C=O) groups is 1. The molecular weight excluding hydrogens is 306 g/mol. The Balaban J connectivity index is 2.48. The summed E-state index contributed by atoms with van der Waals surface area (Å²) in [6, 6.07) is 3.04. The van der Waals surface area contributed by atoms with Crippen molar-refractivity contribution in [2.75, 3.05) is 0 Å². The number of benzene rings is 1. The van der Waals surface area contributed by atoms with E-state index in [4.69, 9.17) is 0 Å². The van der Waals surface area contributed by atoms with Crippen LogP contribution < -0.4 is 0 Å². The maximum Gasteiger partial charge on any atom is 0.307 e. The molecule has 2 unspecified atom stereocenters. The van der Waals surface area contributed by atoms with Crippen LogP contribution in [0.4, 0.5) is 8.78 Å². The van der Waals surface area contributed by atoms with Crippen LogP contribution in [0.25, 0.3) is 5.57 Å². The highest BCUT2D eigenvalue weighted by atomic mass is 19.1. The lowest BCUT2D eigenvalue weighted by atomic mass is 9.80. The van der Waals surface area contributed by atoms with Gasteiger partial charge in [-0.2, -0.15) is 5.21 Å². The summed E-state index contributed by atoms with van der Waals surface area (Å²) >= 11 is 0. The van der Waals surface area contributed by atoms with Crippen LogP contribution >= 0.6 is 0 Å². The van der Waals surface area contributed by atoms with Crippen LogP contribution in [0.3, 0.4) is 0 Å². The maximum absolute atomic E-state index is 14.0. The SMILES string of the molecule is C=C(c1ccc(F)cc1F)C(c1nn[nH]n1)C(CCC)C(=O)O. The second-order valence-corrected chi connectivity index (χ2v) is 5.13. The molecule has 0 radical (unpaired) electrons. The number of hydrogen-bond acceptors (Lipinski definition) is 4. The summed E-state index contributed by atoms with van der Waals surface area (Å²) in [6.07, 6.45) is 0.931. The fourth-order valence-electron chi connectivity index (χ4n) is 2.54.